The van der Waals surface area contributed by atoms with Gasteiger partial charge in [-0.15, -0.1) is 0 Å². The fourth-order valence-corrected chi connectivity index (χ4v) is 4.02. The van der Waals surface area contributed by atoms with Gasteiger partial charge in [-0.1, -0.05) is 5.16 Å². The Hall–Kier alpha value is -3.75. The van der Waals surface area contributed by atoms with E-state index in [1.165, 1.54) is 6.33 Å². The molecule has 0 spiro atoms. The summed E-state index contributed by atoms with van der Waals surface area (Å²) in [5.41, 5.74) is 2.50. The number of carbonyl (C=O) groups is 1. The highest BCUT2D eigenvalue weighted by molar-refractivity contribution is 5.91. The van der Waals surface area contributed by atoms with Crippen LogP contribution < -0.4 is 0 Å². The maximum absolute atomic E-state index is 13.1. The second-order valence-electron chi connectivity index (χ2n) is 7.71. The summed E-state index contributed by atoms with van der Waals surface area (Å²) < 4.78 is 13.0. The van der Waals surface area contributed by atoms with Gasteiger partial charge in [0.15, 0.2) is 11.5 Å². The average molecular weight is 418 g/mol. The number of aryl methyl sites for hydroxylation is 1. The number of piperidine rings is 1. The van der Waals surface area contributed by atoms with Gasteiger partial charge in [-0.25, -0.2) is 9.97 Å². The highest BCUT2D eigenvalue weighted by Crippen LogP contribution is 2.33. The number of rotatable bonds is 5. The van der Waals surface area contributed by atoms with E-state index in [2.05, 4.69) is 20.2 Å². The number of aromatic nitrogens is 5. The zero-order chi connectivity index (χ0) is 21.2. The second-order valence-corrected chi connectivity index (χ2v) is 7.71. The topological polar surface area (TPSA) is 103 Å². The molecule has 31 heavy (non-hydrogen) atoms. The quantitative estimate of drug-likeness (QED) is 0.490. The smallest absolute Gasteiger partial charge is 0.289 e. The van der Waals surface area contributed by atoms with Crippen LogP contribution in [0.3, 0.4) is 0 Å². The van der Waals surface area contributed by atoms with E-state index in [1.54, 1.807) is 23.1 Å². The van der Waals surface area contributed by atoms with Crippen molar-refractivity contribution in [2.45, 2.75) is 32.2 Å². The largest absolute Gasteiger partial charge is 0.454 e. The van der Waals surface area contributed by atoms with Gasteiger partial charge in [0.1, 0.15) is 12.1 Å². The molecule has 5 heterocycles. The van der Waals surface area contributed by atoms with Gasteiger partial charge >= 0.3 is 0 Å². The van der Waals surface area contributed by atoms with Gasteiger partial charge in [0, 0.05) is 43.7 Å². The Bertz CT molecular complexity index is 1180. The maximum atomic E-state index is 13.1. The minimum Gasteiger partial charge on any atom is -0.454 e. The van der Waals surface area contributed by atoms with Crippen molar-refractivity contribution in [1.82, 2.24) is 29.8 Å². The number of likely N-dealkylation sites (tertiary alicyclic amines) is 1. The van der Waals surface area contributed by atoms with Crippen molar-refractivity contribution in [2.24, 2.45) is 0 Å². The number of amides is 1. The molecule has 1 amide bonds. The monoisotopic (exact) mass is 418 g/mol. The number of nitrogens with zero attached hydrogens (tertiary/aromatic N) is 6. The molecule has 0 N–H and O–H groups in total. The molecule has 9 heteroatoms. The Morgan fingerprint density at radius 2 is 2.26 bits per heavy atom. The molecule has 4 aromatic heterocycles. The number of carbonyl (C=O) groups excluding carboxylic acids is 1. The minimum absolute atomic E-state index is 0.0830. The van der Waals surface area contributed by atoms with Crippen LogP contribution in [0.5, 0.6) is 0 Å². The lowest BCUT2D eigenvalue weighted by Crippen LogP contribution is -2.39. The van der Waals surface area contributed by atoms with Gasteiger partial charge in [0.05, 0.1) is 23.5 Å². The van der Waals surface area contributed by atoms with E-state index >= 15 is 0 Å². The van der Waals surface area contributed by atoms with Crippen molar-refractivity contribution in [3.05, 3.63) is 72.1 Å². The van der Waals surface area contributed by atoms with Gasteiger partial charge in [-0.05, 0) is 38.0 Å². The van der Waals surface area contributed by atoms with E-state index in [4.69, 9.17) is 8.94 Å². The lowest BCUT2D eigenvalue weighted by Gasteiger charge is -2.32. The molecular weight excluding hydrogens is 396 g/mol. The third kappa shape index (κ3) is 3.98. The van der Waals surface area contributed by atoms with Gasteiger partial charge in [-0.2, -0.15) is 5.10 Å². The highest BCUT2D eigenvalue weighted by atomic mass is 16.5. The zero-order valence-corrected chi connectivity index (χ0v) is 17.1. The fraction of sp³-hybridized carbons (Fsp3) is 0.318. The number of hydrogen-bond donors (Lipinski definition) is 0. The summed E-state index contributed by atoms with van der Waals surface area (Å²) >= 11 is 0. The van der Waals surface area contributed by atoms with Crippen LogP contribution in [0.2, 0.25) is 0 Å². The standard InChI is InChI=1S/C22H22N6O3/c1-15-10-20(31-26-15)18-11-23-14-24-21(18)16-4-2-8-27(12-16)22(29)19-6-5-17(30-19)13-28-9-3-7-25-28/h3,5-7,9-11,14,16H,2,4,8,12-13H2,1H3/t16-/m1/s1. The van der Waals surface area contributed by atoms with E-state index in [0.717, 1.165) is 29.8 Å². The highest BCUT2D eigenvalue weighted by Gasteiger charge is 2.30. The molecule has 0 saturated carbocycles. The summed E-state index contributed by atoms with van der Waals surface area (Å²) in [6, 6.07) is 7.28. The Morgan fingerprint density at radius 1 is 1.32 bits per heavy atom. The first-order valence-corrected chi connectivity index (χ1v) is 10.3. The van der Waals surface area contributed by atoms with E-state index in [1.807, 2.05) is 36.2 Å². The normalized spacial score (nSPS) is 16.5. The molecule has 1 aliphatic rings. The van der Waals surface area contributed by atoms with Gasteiger partial charge < -0.3 is 13.8 Å². The molecule has 1 atom stereocenters. The molecule has 1 fully saturated rings. The van der Waals surface area contributed by atoms with E-state index in [9.17, 15) is 4.79 Å². The van der Waals surface area contributed by atoms with Crippen molar-refractivity contribution < 1.29 is 13.7 Å². The molecule has 158 valence electrons. The molecule has 0 radical (unpaired) electrons. The fourth-order valence-electron chi connectivity index (χ4n) is 4.02. The van der Waals surface area contributed by atoms with Crippen molar-refractivity contribution in [3.8, 4) is 11.3 Å². The molecule has 0 bridgehead atoms. The maximum Gasteiger partial charge on any atom is 0.289 e. The summed E-state index contributed by atoms with van der Waals surface area (Å²) in [5.74, 6) is 1.66. The van der Waals surface area contributed by atoms with Crippen molar-refractivity contribution in [3.63, 3.8) is 0 Å². The van der Waals surface area contributed by atoms with Crippen LogP contribution in [0.4, 0.5) is 0 Å². The van der Waals surface area contributed by atoms with E-state index < -0.39 is 0 Å². The molecule has 1 saturated heterocycles. The summed E-state index contributed by atoms with van der Waals surface area (Å²) in [5, 5.41) is 8.15. The summed E-state index contributed by atoms with van der Waals surface area (Å²) in [4.78, 5) is 23.6. The first kappa shape index (κ1) is 19.2. The van der Waals surface area contributed by atoms with Crippen LogP contribution in [0.25, 0.3) is 11.3 Å². The third-order valence-corrected chi connectivity index (χ3v) is 5.48. The summed E-state index contributed by atoms with van der Waals surface area (Å²) in [6.07, 6.45) is 8.67. The third-order valence-electron chi connectivity index (χ3n) is 5.48. The average Bonchev–Trinajstić information content (AvgIpc) is 3.56. The Balaban J connectivity index is 1.33. The lowest BCUT2D eigenvalue weighted by atomic mass is 9.91. The molecule has 1 aliphatic heterocycles. The second kappa shape index (κ2) is 8.17. The molecule has 0 unspecified atom stereocenters. The van der Waals surface area contributed by atoms with Crippen LogP contribution in [0, 0.1) is 6.92 Å². The van der Waals surface area contributed by atoms with Crippen molar-refractivity contribution in [2.75, 3.05) is 13.1 Å². The Labute approximate surface area is 178 Å². The predicted octanol–water partition coefficient (Wildman–Crippen LogP) is 3.30. The molecule has 9 nitrogen and oxygen atoms in total. The molecular formula is C22H22N6O3. The Kier molecular flexibility index (Phi) is 5.07. The van der Waals surface area contributed by atoms with Crippen molar-refractivity contribution in [1.29, 1.82) is 0 Å². The zero-order valence-electron chi connectivity index (χ0n) is 17.1. The van der Waals surface area contributed by atoms with Crippen molar-refractivity contribution >= 4 is 5.91 Å². The number of hydrogen-bond acceptors (Lipinski definition) is 7. The SMILES string of the molecule is Cc1cc(-c2cncnc2[C@@H]2CCCN(C(=O)c3ccc(Cn4cccn4)o3)C2)on1. The Morgan fingerprint density at radius 3 is 3.06 bits per heavy atom. The molecule has 0 aliphatic carbocycles. The van der Waals surface area contributed by atoms with Crippen LogP contribution in [-0.2, 0) is 6.54 Å². The molecule has 0 aromatic carbocycles. The van der Waals surface area contributed by atoms with Crippen LogP contribution in [0.15, 0.2) is 58.1 Å². The van der Waals surface area contributed by atoms with Crippen LogP contribution in [0.1, 0.15) is 46.5 Å². The van der Waals surface area contributed by atoms with Crippen LogP contribution in [-0.4, -0.2) is 48.8 Å². The van der Waals surface area contributed by atoms with Gasteiger partial charge in [0.25, 0.3) is 5.91 Å². The molecule has 4 aromatic rings. The summed E-state index contributed by atoms with van der Waals surface area (Å²) in [7, 11) is 0. The minimum atomic E-state index is -0.109. The van der Waals surface area contributed by atoms with E-state index in [0.29, 0.717) is 36.9 Å². The summed E-state index contributed by atoms with van der Waals surface area (Å²) in [6.45, 7) is 3.61. The lowest BCUT2D eigenvalue weighted by molar-refractivity contribution is 0.0671. The van der Waals surface area contributed by atoms with Gasteiger partial charge in [-0.3, -0.25) is 9.48 Å². The van der Waals surface area contributed by atoms with Gasteiger partial charge in [0.2, 0.25) is 0 Å². The molecule has 5 rings (SSSR count). The van der Waals surface area contributed by atoms with Crippen LogP contribution >= 0.6 is 0 Å². The predicted molar refractivity (Wildman–Crippen MR) is 110 cm³/mol. The van der Waals surface area contributed by atoms with E-state index in [-0.39, 0.29) is 11.8 Å². The first-order valence-electron chi connectivity index (χ1n) is 10.3. The number of furan rings is 1. The first-order chi connectivity index (χ1) is 15.2.